The van der Waals surface area contributed by atoms with Crippen LogP contribution < -0.4 is 10.6 Å². The topological polar surface area (TPSA) is 45.7 Å². The first-order chi connectivity index (χ1) is 7.27. The number of nitrogens with one attached hydrogen (secondary N) is 2. The number of nitrogens with zero attached hydrogens (tertiary/aromatic N) is 1. The van der Waals surface area contributed by atoms with Crippen molar-refractivity contribution < 1.29 is 4.74 Å². The summed E-state index contributed by atoms with van der Waals surface area (Å²) in [6.45, 7) is 9.43. The van der Waals surface area contributed by atoms with Gasteiger partial charge in [-0.05, 0) is 26.2 Å². The lowest BCUT2D eigenvalue weighted by Crippen LogP contribution is -2.39. The number of aliphatic imine (C=N–C) groups is 1. The third-order valence-electron chi connectivity index (χ3n) is 2.49. The van der Waals surface area contributed by atoms with E-state index in [2.05, 4.69) is 29.5 Å². The zero-order chi connectivity index (χ0) is 11.1. The third-order valence-corrected chi connectivity index (χ3v) is 2.49. The first-order valence-electron chi connectivity index (χ1n) is 5.90. The van der Waals surface area contributed by atoms with E-state index in [-0.39, 0.29) is 0 Å². The van der Waals surface area contributed by atoms with E-state index < -0.39 is 0 Å². The Bertz CT molecular complexity index is 206. The first kappa shape index (κ1) is 12.3. The quantitative estimate of drug-likeness (QED) is 0.393. The molecule has 1 aliphatic rings. The van der Waals surface area contributed by atoms with Gasteiger partial charge in [0.1, 0.15) is 0 Å². The molecule has 1 rings (SSSR count). The Morgan fingerprint density at radius 3 is 2.73 bits per heavy atom. The molecule has 15 heavy (non-hydrogen) atoms. The summed E-state index contributed by atoms with van der Waals surface area (Å²) < 4.78 is 5.24. The van der Waals surface area contributed by atoms with Gasteiger partial charge in [0.05, 0.1) is 13.2 Å². The highest BCUT2D eigenvalue weighted by Gasteiger charge is 2.33. The Morgan fingerprint density at radius 1 is 1.47 bits per heavy atom. The summed E-state index contributed by atoms with van der Waals surface area (Å²) in [6.07, 6.45) is 1.26. The van der Waals surface area contributed by atoms with Crippen molar-refractivity contribution in [3.05, 3.63) is 0 Å². The molecular formula is C11H23N3O. The van der Waals surface area contributed by atoms with Crippen LogP contribution in [0, 0.1) is 5.92 Å². The van der Waals surface area contributed by atoms with Crippen LogP contribution in [0.3, 0.4) is 0 Å². The van der Waals surface area contributed by atoms with Crippen molar-refractivity contribution in [2.24, 2.45) is 10.9 Å². The normalized spacial score (nSPS) is 25.1. The lowest BCUT2D eigenvalue weighted by Gasteiger charge is -2.10. The summed E-state index contributed by atoms with van der Waals surface area (Å²) in [4.78, 5) is 4.44. The molecule has 1 saturated carbocycles. The summed E-state index contributed by atoms with van der Waals surface area (Å²) in [5, 5.41) is 6.64. The van der Waals surface area contributed by atoms with Crippen LogP contribution in [0.15, 0.2) is 4.99 Å². The van der Waals surface area contributed by atoms with Gasteiger partial charge in [0, 0.05) is 19.2 Å². The number of rotatable bonds is 6. The van der Waals surface area contributed by atoms with Crippen molar-refractivity contribution in [1.29, 1.82) is 0 Å². The highest BCUT2D eigenvalue weighted by atomic mass is 16.5. The van der Waals surface area contributed by atoms with E-state index in [0.29, 0.717) is 12.6 Å². The number of hydrogen-bond acceptors (Lipinski definition) is 2. The van der Waals surface area contributed by atoms with Crippen molar-refractivity contribution in [2.45, 2.75) is 33.2 Å². The molecule has 88 valence electrons. The summed E-state index contributed by atoms with van der Waals surface area (Å²) in [6, 6.07) is 0.620. The maximum absolute atomic E-state index is 5.24. The van der Waals surface area contributed by atoms with Gasteiger partial charge in [-0.3, -0.25) is 4.99 Å². The summed E-state index contributed by atoms with van der Waals surface area (Å²) in [7, 11) is 0. The third kappa shape index (κ3) is 5.02. The van der Waals surface area contributed by atoms with Crippen LogP contribution in [0.5, 0.6) is 0 Å². The largest absolute Gasteiger partial charge is 0.380 e. The molecule has 4 heteroatoms. The molecule has 2 atom stereocenters. The number of hydrogen-bond donors (Lipinski definition) is 2. The van der Waals surface area contributed by atoms with Gasteiger partial charge >= 0.3 is 0 Å². The van der Waals surface area contributed by atoms with Gasteiger partial charge < -0.3 is 15.4 Å². The molecule has 4 nitrogen and oxygen atoms in total. The Labute approximate surface area is 92.5 Å². The molecule has 0 amide bonds. The predicted molar refractivity (Wildman–Crippen MR) is 63.2 cm³/mol. The SMILES string of the molecule is CCNC(=NCCOCC)NC1CC1C. The van der Waals surface area contributed by atoms with Gasteiger partial charge in [-0.15, -0.1) is 0 Å². The maximum atomic E-state index is 5.24. The van der Waals surface area contributed by atoms with Crippen LogP contribution in [-0.4, -0.2) is 38.3 Å². The second-order valence-electron chi connectivity index (χ2n) is 3.92. The Balaban J connectivity index is 2.21. The number of guanidine groups is 1. The van der Waals surface area contributed by atoms with Gasteiger partial charge in [-0.25, -0.2) is 0 Å². The highest BCUT2D eigenvalue weighted by molar-refractivity contribution is 5.80. The summed E-state index contributed by atoms with van der Waals surface area (Å²) in [5.74, 6) is 1.72. The van der Waals surface area contributed by atoms with E-state index >= 15 is 0 Å². The first-order valence-corrected chi connectivity index (χ1v) is 5.90. The average molecular weight is 213 g/mol. The minimum absolute atomic E-state index is 0.620. The smallest absolute Gasteiger partial charge is 0.191 e. The molecule has 0 radical (unpaired) electrons. The molecule has 0 aromatic carbocycles. The lowest BCUT2D eigenvalue weighted by atomic mass is 10.5. The Morgan fingerprint density at radius 2 is 2.20 bits per heavy atom. The monoisotopic (exact) mass is 213 g/mol. The van der Waals surface area contributed by atoms with Gasteiger partial charge in [0.15, 0.2) is 5.96 Å². The van der Waals surface area contributed by atoms with Crippen LogP contribution in [-0.2, 0) is 4.74 Å². The van der Waals surface area contributed by atoms with E-state index in [1.54, 1.807) is 0 Å². The zero-order valence-electron chi connectivity index (χ0n) is 10.0. The van der Waals surface area contributed by atoms with Crippen LogP contribution in [0.1, 0.15) is 27.2 Å². The van der Waals surface area contributed by atoms with Gasteiger partial charge in [-0.1, -0.05) is 6.92 Å². The van der Waals surface area contributed by atoms with Crippen molar-refractivity contribution in [3.8, 4) is 0 Å². The average Bonchev–Trinajstić information content (AvgIpc) is 2.89. The molecule has 0 bridgehead atoms. The van der Waals surface area contributed by atoms with E-state index in [0.717, 1.165) is 31.6 Å². The molecular weight excluding hydrogens is 190 g/mol. The molecule has 0 aromatic rings. The molecule has 1 fully saturated rings. The summed E-state index contributed by atoms with van der Waals surface area (Å²) >= 11 is 0. The minimum Gasteiger partial charge on any atom is -0.380 e. The van der Waals surface area contributed by atoms with E-state index in [9.17, 15) is 0 Å². The van der Waals surface area contributed by atoms with Crippen molar-refractivity contribution in [1.82, 2.24) is 10.6 Å². The fraction of sp³-hybridized carbons (Fsp3) is 0.909. The minimum atomic E-state index is 0.620. The van der Waals surface area contributed by atoms with Gasteiger partial charge in [0.25, 0.3) is 0 Å². The molecule has 0 heterocycles. The van der Waals surface area contributed by atoms with E-state index in [1.807, 2.05) is 6.92 Å². The number of ether oxygens (including phenoxy) is 1. The molecule has 0 spiro atoms. The maximum Gasteiger partial charge on any atom is 0.191 e. The molecule has 2 unspecified atom stereocenters. The lowest BCUT2D eigenvalue weighted by molar-refractivity contribution is 0.155. The molecule has 0 aliphatic heterocycles. The standard InChI is InChI=1S/C11H23N3O/c1-4-12-11(13-6-7-15-5-2)14-10-8-9(10)3/h9-10H,4-8H2,1-3H3,(H2,12,13,14). The van der Waals surface area contributed by atoms with Gasteiger partial charge in [-0.2, -0.15) is 0 Å². The molecule has 2 N–H and O–H groups in total. The predicted octanol–water partition coefficient (Wildman–Crippen LogP) is 0.986. The fourth-order valence-electron chi connectivity index (χ4n) is 1.39. The Kier molecular flexibility index (Phi) is 5.47. The molecule has 0 aromatic heterocycles. The fourth-order valence-corrected chi connectivity index (χ4v) is 1.39. The van der Waals surface area contributed by atoms with Crippen LogP contribution in [0.25, 0.3) is 0 Å². The Hall–Kier alpha value is -0.770. The second kappa shape index (κ2) is 6.67. The van der Waals surface area contributed by atoms with Crippen molar-refractivity contribution in [2.75, 3.05) is 26.3 Å². The van der Waals surface area contributed by atoms with Crippen LogP contribution in [0.4, 0.5) is 0 Å². The molecule has 1 aliphatic carbocycles. The second-order valence-corrected chi connectivity index (χ2v) is 3.92. The van der Waals surface area contributed by atoms with E-state index in [1.165, 1.54) is 6.42 Å². The summed E-state index contributed by atoms with van der Waals surface area (Å²) in [5.41, 5.74) is 0. The van der Waals surface area contributed by atoms with Gasteiger partial charge in [0.2, 0.25) is 0 Å². The van der Waals surface area contributed by atoms with Crippen molar-refractivity contribution in [3.63, 3.8) is 0 Å². The van der Waals surface area contributed by atoms with Crippen LogP contribution >= 0.6 is 0 Å². The zero-order valence-corrected chi connectivity index (χ0v) is 10.0. The van der Waals surface area contributed by atoms with Crippen molar-refractivity contribution >= 4 is 5.96 Å². The van der Waals surface area contributed by atoms with E-state index in [4.69, 9.17) is 4.74 Å². The van der Waals surface area contributed by atoms with Crippen LogP contribution in [0.2, 0.25) is 0 Å². The highest BCUT2D eigenvalue weighted by Crippen LogP contribution is 2.28. The molecule has 0 saturated heterocycles.